The third-order valence-corrected chi connectivity index (χ3v) is 3.02. The zero-order chi connectivity index (χ0) is 14.5. The van der Waals surface area contributed by atoms with Gasteiger partial charge in [-0.05, 0) is 43.7 Å². The Labute approximate surface area is 117 Å². The summed E-state index contributed by atoms with van der Waals surface area (Å²) >= 11 is 0. The number of ether oxygens (including phenoxy) is 1. The summed E-state index contributed by atoms with van der Waals surface area (Å²) in [5, 5.41) is 3.32. The number of alkyl halides is 2. The molecule has 2 nitrogen and oxygen atoms in total. The summed E-state index contributed by atoms with van der Waals surface area (Å²) in [5.74, 6) is 0.176. The Hall–Kier alpha value is -2.10. The Balaban J connectivity index is 2.08. The van der Waals surface area contributed by atoms with E-state index in [0.29, 0.717) is 0 Å². The Morgan fingerprint density at radius 2 is 1.75 bits per heavy atom. The minimum absolute atomic E-state index is 0.000992. The van der Waals surface area contributed by atoms with E-state index in [1.807, 2.05) is 44.2 Å². The van der Waals surface area contributed by atoms with Crippen molar-refractivity contribution in [1.82, 2.24) is 0 Å². The number of anilines is 1. The van der Waals surface area contributed by atoms with Crippen LogP contribution in [0.15, 0.2) is 48.5 Å². The molecule has 0 aromatic heterocycles. The molecule has 4 heteroatoms. The molecule has 20 heavy (non-hydrogen) atoms. The van der Waals surface area contributed by atoms with Crippen LogP contribution in [0.4, 0.5) is 14.5 Å². The Morgan fingerprint density at radius 3 is 2.40 bits per heavy atom. The van der Waals surface area contributed by atoms with Crippen molar-refractivity contribution in [3.63, 3.8) is 0 Å². The van der Waals surface area contributed by atoms with Gasteiger partial charge in [0.25, 0.3) is 0 Å². The minimum Gasteiger partial charge on any atom is -0.435 e. The van der Waals surface area contributed by atoms with Crippen LogP contribution in [0, 0.1) is 6.92 Å². The minimum atomic E-state index is -2.80. The predicted molar refractivity (Wildman–Crippen MR) is 76.3 cm³/mol. The van der Waals surface area contributed by atoms with Gasteiger partial charge in [-0.2, -0.15) is 8.78 Å². The summed E-state index contributed by atoms with van der Waals surface area (Å²) < 4.78 is 28.8. The normalized spacial score (nSPS) is 12.2. The fourth-order valence-corrected chi connectivity index (χ4v) is 1.94. The average molecular weight is 277 g/mol. The molecule has 0 spiro atoms. The first-order chi connectivity index (χ1) is 9.54. The molecule has 2 aromatic rings. The van der Waals surface area contributed by atoms with E-state index in [1.54, 1.807) is 12.1 Å². The first-order valence-electron chi connectivity index (χ1n) is 6.42. The SMILES string of the molecule is Cc1ccc(NC(C)c2cccc(OC(F)F)c2)cc1. The van der Waals surface area contributed by atoms with E-state index in [1.165, 1.54) is 11.6 Å². The van der Waals surface area contributed by atoms with Crippen LogP contribution in [0.1, 0.15) is 24.1 Å². The lowest BCUT2D eigenvalue weighted by atomic mass is 10.1. The molecule has 2 aromatic carbocycles. The summed E-state index contributed by atoms with van der Waals surface area (Å²) in [5.41, 5.74) is 3.07. The molecule has 0 radical (unpaired) electrons. The summed E-state index contributed by atoms with van der Waals surface area (Å²) in [6.07, 6.45) is 0. The van der Waals surface area contributed by atoms with Gasteiger partial charge in [0.15, 0.2) is 0 Å². The predicted octanol–water partition coefficient (Wildman–Crippen LogP) is 4.77. The van der Waals surface area contributed by atoms with Crippen LogP contribution in [0.25, 0.3) is 0 Å². The van der Waals surface area contributed by atoms with Gasteiger partial charge in [0.1, 0.15) is 5.75 Å². The van der Waals surface area contributed by atoms with Crippen LogP contribution in [-0.4, -0.2) is 6.61 Å². The number of nitrogens with one attached hydrogen (secondary N) is 1. The molecule has 0 saturated carbocycles. The van der Waals surface area contributed by atoms with Crippen molar-refractivity contribution in [2.45, 2.75) is 26.5 Å². The van der Waals surface area contributed by atoms with Crippen LogP contribution in [0.5, 0.6) is 5.75 Å². The standard InChI is InChI=1S/C16H17F2NO/c1-11-6-8-14(9-7-11)19-12(2)13-4-3-5-15(10-13)20-16(17)18/h3-10,12,16,19H,1-2H3. The van der Waals surface area contributed by atoms with E-state index in [2.05, 4.69) is 10.1 Å². The number of hydrogen-bond donors (Lipinski definition) is 1. The van der Waals surface area contributed by atoms with Crippen LogP contribution in [0.2, 0.25) is 0 Å². The van der Waals surface area contributed by atoms with Crippen molar-refractivity contribution in [3.05, 3.63) is 59.7 Å². The van der Waals surface area contributed by atoms with Gasteiger partial charge in [0, 0.05) is 11.7 Å². The second-order valence-corrected chi connectivity index (χ2v) is 4.68. The van der Waals surface area contributed by atoms with E-state index in [-0.39, 0.29) is 11.8 Å². The van der Waals surface area contributed by atoms with Gasteiger partial charge in [-0.25, -0.2) is 0 Å². The Bertz CT molecular complexity index is 555. The van der Waals surface area contributed by atoms with Crippen LogP contribution >= 0.6 is 0 Å². The largest absolute Gasteiger partial charge is 0.435 e. The number of hydrogen-bond acceptors (Lipinski definition) is 2. The lowest BCUT2D eigenvalue weighted by Crippen LogP contribution is -2.07. The van der Waals surface area contributed by atoms with Crippen molar-refractivity contribution in [2.75, 3.05) is 5.32 Å². The van der Waals surface area contributed by atoms with E-state index >= 15 is 0 Å². The second kappa shape index (κ2) is 6.37. The van der Waals surface area contributed by atoms with E-state index < -0.39 is 6.61 Å². The lowest BCUT2D eigenvalue weighted by molar-refractivity contribution is -0.0498. The molecule has 0 saturated heterocycles. The number of rotatable bonds is 5. The molecule has 0 fully saturated rings. The maximum Gasteiger partial charge on any atom is 0.387 e. The van der Waals surface area contributed by atoms with Gasteiger partial charge in [-0.1, -0.05) is 29.8 Å². The van der Waals surface area contributed by atoms with Crippen molar-refractivity contribution in [2.24, 2.45) is 0 Å². The molecule has 0 amide bonds. The molecule has 1 atom stereocenters. The topological polar surface area (TPSA) is 21.3 Å². The van der Waals surface area contributed by atoms with Gasteiger partial charge >= 0.3 is 6.61 Å². The first-order valence-corrected chi connectivity index (χ1v) is 6.42. The Morgan fingerprint density at radius 1 is 1.05 bits per heavy atom. The third kappa shape index (κ3) is 3.95. The molecule has 106 valence electrons. The maximum atomic E-state index is 12.2. The van der Waals surface area contributed by atoms with Crippen molar-refractivity contribution in [1.29, 1.82) is 0 Å². The van der Waals surface area contributed by atoms with Gasteiger partial charge < -0.3 is 10.1 Å². The van der Waals surface area contributed by atoms with Crippen molar-refractivity contribution in [3.8, 4) is 5.75 Å². The zero-order valence-electron chi connectivity index (χ0n) is 11.4. The molecule has 0 bridgehead atoms. The lowest BCUT2D eigenvalue weighted by Gasteiger charge is -2.17. The molecule has 2 rings (SSSR count). The highest BCUT2D eigenvalue weighted by molar-refractivity contribution is 5.47. The van der Waals surface area contributed by atoms with Gasteiger partial charge in [0.05, 0.1) is 0 Å². The smallest absolute Gasteiger partial charge is 0.387 e. The first kappa shape index (κ1) is 14.3. The maximum absolute atomic E-state index is 12.2. The molecule has 0 aliphatic rings. The van der Waals surface area contributed by atoms with Crippen molar-refractivity contribution >= 4 is 5.69 Å². The third-order valence-electron chi connectivity index (χ3n) is 3.02. The number of benzene rings is 2. The number of halogens is 2. The van der Waals surface area contributed by atoms with Gasteiger partial charge in [-0.15, -0.1) is 0 Å². The van der Waals surface area contributed by atoms with Crippen LogP contribution in [0.3, 0.4) is 0 Å². The summed E-state index contributed by atoms with van der Waals surface area (Å²) in [6.45, 7) is 1.20. The van der Waals surface area contributed by atoms with Crippen LogP contribution in [-0.2, 0) is 0 Å². The highest BCUT2D eigenvalue weighted by Crippen LogP contribution is 2.23. The fourth-order valence-electron chi connectivity index (χ4n) is 1.94. The molecular weight excluding hydrogens is 260 g/mol. The van der Waals surface area contributed by atoms with Crippen LogP contribution < -0.4 is 10.1 Å². The van der Waals surface area contributed by atoms with E-state index in [9.17, 15) is 8.78 Å². The summed E-state index contributed by atoms with van der Waals surface area (Å²) in [6, 6.07) is 14.8. The molecule has 0 aliphatic heterocycles. The number of aryl methyl sites for hydroxylation is 1. The zero-order valence-corrected chi connectivity index (χ0v) is 11.4. The summed E-state index contributed by atoms with van der Waals surface area (Å²) in [7, 11) is 0. The Kier molecular flexibility index (Phi) is 4.56. The van der Waals surface area contributed by atoms with E-state index in [4.69, 9.17) is 0 Å². The van der Waals surface area contributed by atoms with Gasteiger partial charge in [0.2, 0.25) is 0 Å². The highest BCUT2D eigenvalue weighted by Gasteiger charge is 2.09. The average Bonchev–Trinajstić information content (AvgIpc) is 2.41. The quantitative estimate of drug-likeness (QED) is 0.850. The monoisotopic (exact) mass is 277 g/mol. The molecular formula is C16H17F2NO. The molecule has 0 heterocycles. The molecule has 0 aliphatic carbocycles. The van der Waals surface area contributed by atoms with E-state index in [0.717, 1.165) is 11.3 Å². The van der Waals surface area contributed by atoms with Crippen molar-refractivity contribution < 1.29 is 13.5 Å². The molecule has 1 unspecified atom stereocenters. The highest BCUT2D eigenvalue weighted by atomic mass is 19.3. The van der Waals surface area contributed by atoms with Gasteiger partial charge in [-0.3, -0.25) is 0 Å². The summed E-state index contributed by atoms with van der Waals surface area (Å²) in [4.78, 5) is 0. The fraction of sp³-hybridized carbons (Fsp3) is 0.250. The second-order valence-electron chi connectivity index (χ2n) is 4.68. The molecule has 1 N–H and O–H groups in total.